The largest absolute Gasteiger partial charge is 0.389 e. The zero-order valence-corrected chi connectivity index (χ0v) is 12.2. The Bertz CT molecular complexity index is 355. The van der Waals surface area contributed by atoms with Gasteiger partial charge in [0.15, 0.2) is 0 Å². The van der Waals surface area contributed by atoms with Gasteiger partial charge in [-0.2, -0.15) is 0 Å². The van der Waals surface area contributed by atoms with Crippen LogP contribution >= 0.6 is 15.9 Å². The molecule has 0 saturated heterocycles. The number of hydrogen-bond acceptors (Lipinski definition) is 3. The van der Waals surface area contributed by atoms with Gasteiger partial charge in [0, 0.05) is 35.9 Å². The fourth-order valence-corrected chi connectivity index (χ4v) is 2.18. The van der Waals surface area contributed by atoms with Crippen molar-refractivity contribution in [3.8, 4) is 0 Å². The minimum Gasteiger partial charge on any atom is -0.389 e. The lowest BCUT2D eigenvalue weighted by molar-refractivity contribution is 0.197. The van der Waals surface area contributed by atoms with Crippen molar-refractivity contribution in [1.82, 2.24) is 0 Å². The van der Waals surface area contributed by atoms with Gasteiger partial charge in [0.25, 0.3) is 0 Å². The van der Waals surface area contributed by atoms with E-state index in [9.17, 15) is 5.11 Å². The molecular weight excluding hydrogens is 282 g/mol. The van der Waals surface area contributed by atoms with Gasteiger partial charge in [-0.1, -0.05) is 15.9 Å². The second-order valence-electron chi connectivity index (χ2n) is 3.95. The quantitative estimate of drug-likeness (QED) is 0.877. The van der Waals surface area contributed by atoms with Crippen molar-refractivity contribution in [2.24, 2.45) is 0 Å². The predicted octanol–water partition coefficient (Wildman–Crippen LogP) is 2.98. The zero-order chi connectivity index (χ0) is 12.8. The number of benzene rings is 1. The van der Waals surface area contributed by atoms with E-state index in [-0.39, 0.29) is 0 Å². The average Bonchev–Trinajstić information content (AvgIpc) is 2.31. The summed E-state index contributed by atoms with van der Waals surface area (Å²) in [5.41, 5.74) is 2.01. The van der Waals surface area contributed by atoms with Crippen LogP contribution in [-0.2, 0) is 4.74 Å². The van der Waals surface area contributed by atoms with Crippen LogP contribution in [0.25, 0.3) is 0 Å². The molecule has 0 aliphatic carbocycles. The van der Waals surface area contributed by atoms with E-state index in [1.807, 2.05) is 18.2 Å². The van der Waals surface area contributed by atoms with Gasteiger partial charge in [-0.05, 0) is 32.0 Å². The third kappa shape index (κ3) is 3.98. The molecule has 0 amide bonds. The van der Waals surface area contributed by atoms with Gasteiger partial charge in [0.2, 0.25) is 0 Å². The van der Waals surface area contributed by atoms with E-state index in [1.165, 1.54) is 0 Å². The minimum atomic E-state index is -0.473. The van der Waals surface area contributed by atoms with Gasteiger partial charge in [-0.25, -0.2) is 0 Å². The van der Waals surface area contributed by atoms with E-state index in [1.54, 1.807) is 14.0 Å². The van der Waals surface area contributed by atoms with E-state index in [0.717, 1.165) is 28.8 Å². The van der Waals surface area contributed by atoms with Crippen molar-refractivity contribution < 1.29 is 9.84 Å². The highest BCUT2D eigenvalue weighted by atomic mass is 79.9. The first-order valence-corrected chi connectivity index (χ1v) is 6.60. The van der Waals surface area contributed by atoms with E-state index >= 15 is 0 Å². The summed E-state index contributed by atoms with van der Waals surface area (Å²) in [6.45, 7) is 6.29. The molecule has 3 nitrogen and oxygen atoms in total. The van der Waals surface area contributed by atoms with Crippen LogP contribution in [0.5, 0.6) is 0 Å². The number of halogens is 1. The average molecular weight is 302 g/mol. The van der Waals surface area contributed by atoms with Gasteiger partial charge in [-0.15, -0.1) is 0 Å². The molecule has 0 heterocycles. The Kier molecular flexibility index (Phi) is 5.95. The van der Waals surface area contributed by atoms with Crippen LogP contribution in [0.15, 0.2) is 22.7 Å². The summed E-state index contributed by atoms with van der Waals surface area (Å²) in [4.78, 5) is 2.21. The second kappa shape index (κ2) is 6.99. The lowest BCUT2D eigenvalue weighted by Gasteiger charge is -2.26. The number of ether oxygens (including phenoxy) is 1. The van der Waals surface area contributed by atoms with Gasteiger partial charge < -0.3 is 14.7 Å². The molecule has 1 rings (SSSR count). The number of nitrogens with zero attached hydrogens (tertiary/aromatic N) is 1. The maximum Gasteiger partial charge on any atom is 0.0782 e. The SMILES string of the molecule is CCN(CCOC)c1ccc(Br)cc1C(C)O. The molecule has 0 spiro atoms. The Morgan fingerprint density at radius 1 is 1.47 bits per heavy atom. The summed E-state index contributed by atoms with van der Waals surface area (Å²) >= 11 is 3.43. The van der Waals surface area contributed by atoms with Gasteiger partial charge >= 0.3 is 0 Å². The first kappa shape index (κ1) is 14.5. The standard InChI is InChI=1S/C13H20BrNO2/c1-4-15(7-8-17-3)13-6-5-11(14)9-12(13)10(2)16/h5-6,9-10,16H,4,7-8H2,1-3H3. The Morgan fingerprint density at radius 3 is 2.71 bits per heavy atom. The Labute approximate surface area is 112 Å². The predicted molar refractivity (Wildman–Crippen MR) is 74.5 cm³/mol. The molecule has 17 heavy (non-hydrogen) atoms. The molecule has 1 aromatic rings. The summed E-state index contributed by atoms with van der Waals surface area (Å²) in [6.07, 6.45) is -0.473. The van der Waals surface area contributed by atoms with E-state index in [4.69, 9.17) is 4.74 Å². The van der Waals surface area contributed by atoms with Crippen molar-refractivity contribution in [2.45, 2.75) is 20.0 Å². The Morgan fingerprint density at radius 2 is 2.18 bits per heavy atom. The summed E-state index contributed by atoms with van der Waals surface area (Å²) in [5.74, 6) is 0. The third-order valence-corrected chi connectivity index (χ3v) is 3.22. The Hall–Kier alpha value is -0.580. The van der Waals surface area contributed by atoms with Crippen LogP contribution in [0.2, 0.25) is 0 Å². The molecule has 1 unspecified atom stereocenters. The molecule has 0 aliphatic heterocycles. The van der Waals surface area contributed by atoms with Crippen molar-refractivity contribution in [1.29, 1.82) is 0 Å². The van der Waals surface area contributed by atoms with Gasteiger partial charge in [0.05, 0.1) is 12.7 Å². The number of aliphatic hydroxyl groups is 1. The molecule has 0 bridgehead atoms. The molecule has 0 radical (unpaired) electrons. The van der Waals surface area contributed by atoms with Crippen LogP contribution in [0.4, 0.5) is 5.69 Å². The third-order valence-electron chi connectivity index (χ3n) is 2.73. The first-order valence-electron chi connectivity index (χ1n) is 5.81. The lowest BCUT2D eigenvalue weighted by atomic mass is 10.1. The number of rotatable bonds is 6. The first-order chi connectivity index (χ1) is 8.10. The van der Waals surface area contributed by atoms with Crippen molar-refractivity contribution in [3.63, 3.8) is 0 Å². The maximum absolute atomic E-state index is 9.82. The molecule has 0 aromatic heterocycles. The highest BCUT2D eigenvalue weighted by molar-refractivity contribution is 9.10. The molecule has 0 fully saturated rings. The van der Waals surface area contributed by atoms with Crippen molar-refractivity contribution >= 4 is 21.6 Å². The number of methoxy groups -OCH3 is 1. The lowest BCUT2D eigenvalue weighted by Crippen LogP contribution is -2.28. The summed E-state index contributed by atoms with van der Waals surface area (Å²) in [5, 5.41) is 9.82. The molecule has 1 N–H and O–H groups in total. The zero-order valence-electron chi connectivity index (χ0n) is 10.6. The summed E-state index contributed by atoms with van der Waals surface area (Å²) in [6, 6.07) is 6.00. The summed E-state index contributed by atoms with van der Waals surface area (Å²) in [7, 11) is 1.70. The molecule has 0 aliphatic rings. The normalized spacial score (nSPS) is 12.5. The van der Waals surface area contributed by atoms with E-state index in [2.05, 4.69) is 27.8 Å². The molecule has 4 heteroatoms. The van der Waals surface area contributed by atoms with Crippen LogP contribution in [0.1, 0.15) is 25.5 Å². The van der Waals surface area contributed by atoms with Crippen LogP contribution in [0, 0.1) is 0 Å². The van der Waals surface area contributed by atoms with Crippen LogP contribution in [0.3, 0.4) is 0 Å². The maximum atomic E-state index is 9.82. The number of anilines is 1. The van der Waals surface area contributed by atoms with E-state index < -0.39 is 6.10 Å². The molecule has 1 atom stereocenters. The molecular formula is C13H20BrNO2. The van der Waals surface area contributed by atoms with Gasteiger partial charge in [0.1, 0.15) is 0 Å². The highest BCUT2D eigenvalue weighted by Crippen LogP contribution is 2.29. The highest BCUT2D eigenvalue weighted by Gasteiger charge is 2.13. The number of hydrogen-bond donors (Lipinski definition) is 1. The number of aliphatic hydroxyl groups excluding tert-OH is 1. The second-order valence-corrected chi connectivity index (χ2v) is 4.87. The fourth-order valence-electron chi connectivity index (χ4n) is 1.80. The molecule has 1 aromatic carbocycles. The van der Waals surface area contributed by atoms with Gasteiger partial charge in [-0.3, -0.25) is 0 Å². The van der Waals surface area contributed by atoms with E-state index in [0.29, 0.717) is 6.61 Å². The van der Waals surface area contributed by atoms with Crippen LogP contribution < -0.4 is 4.90 Å². The number of likely N-dealkylation sites (N-methyl/N-ethyl adjacent to an activating group) is 1. The molecule has 0 saturated carbocycles. The Balaban J connectivity index is 3.00. The smallest absolute Gasteiger partial charge is 0.0782 e. The fraction of sp³-hybridized carbons (Fsp3) is 0.538. The monoisotopic (exact) mass is 301 g/mol. The van der Waals surface area contributed by atoms with Crippen molar-refractivity contribution in [2.75, 3.05) is 31.7 Å². The van der Waals surface area contributed by atoms with Crippen molar-refractivity contribution in [3.05, 3.63) is 28.2 Å². The van der Waals surface area contributed by atoms with Crippen LogP contribution in [-0.4, -0.2) is 31.9 Å². The topological polar surface area (TPSA) is 32.7 Å². The molecule has 96 valence electrons. The minimum absolute atomic E-state index is 0.473. The summed E-state index contributed by atoms with van der Waals surface area (Å²) < 4.78 is 6.09.